The van der Waals surface area contributed by atoms with Gasteiger partial charge in [-0.2, -0.15) is 0 Å². The van der Waals surface area contributed by atoms with E-state index in [-0.39, 0.29) is 5.82 Å². The standard InChI is InChI=1S/C14H12FN3O/c1-19-14-7-3-6-12-16-17-13(18(12)14)9-10-4-2-5-11(15)8-10/h2-8H,9H2,1H3. The predicted molar refractivity (Wildman–Crippen MR) is 68.7 cm³/mol. The van der Waals surface area contributed by atoms with Gasteiger partial charge in [0.05, 0.1) is 7.11 Å². The van der Waals surface area contributed by atoms with E-state index in [1.807, 2.05) is 28.7 Å². The Labute approximate surface area is 109 Å². The molecule has 0 amide bonds. The SMILES string of the molecule is COc1cccc2nnc(Cc3cccc(F)c3)n12. The first kappa shape index (κ1) is 11.6. The molecule has 3 aromatic rings. The Morgan fingerprint density at radius 1 is 1.16 bits per heavy atom. The van der Waals surface area contributed by atoms with E-state index in [0.29, 0.717) is 17.9 Å². The summed E-state index contributed by atoms with van der Waals surface area (Å²) in [5.41, 5.74) is 1.56. The molecule has 0 unspecified atom stereocenters. The summed E-state index contributed by atoms with van der Waals surface area (Å²) in [5, 5.41) is 8.22. The highest BCUT2D eigenvalue weighted by atomic mass is 19.1. The highest BCUT2D eigenvalue weighted by molar-refractivity contribution is 5.42. The fourth-order valence-electron chi connectivity index (χ4n) is 2.07. The van der Waals surface area contributed by atoms with Crippen LogP contribution in [-0.2, 0) is 6.42 Å². The van der Waals surface area contributed by atoms with E-state index in [0.717, 1.165) is 11.4 Å². The lowest BCUT2D eigenvalue weighted by Crippen LogP contribution is -2.00. The monoisotopic (exact) mass is 257 g/mol. The maximum atomic E-state index is 13.2. The van der Waals surface area contributed by atoms with Crippen LogP contribution in [0.2, 0.25) is 0 Å². The number of ether oxygens (including phenoxy) is 1. The molecular formula is C14H12FN3O. The van der Waals surface area contributed by atoms with Crippen LogP contribution < -0.4 is 4.74 Å². The summed E-state index contributed by atoms with van der Waals surface area (Å²) < 4.78 is 20.3. The van der Waals surface area contributed by atoms with Gasteiger partial charge in [-0.05, 0) is 29.8 Å². The molecule has 0 atom stereocenters. The number of methoxy groups -OCH3 is 1. The van der Waals surface area contributed by atoms with Crippen LogP contribution in [0.3, 0.4) is 0 Å². The van der Waals surface area contributed by atoms with Gasteiger partial charge in [0, 0.05) is 6.42 Å². The number of fused-ring (bicyclic) bond motifs is 1. The first-order valence-electron chi connectivity index (χ1n) is 5.89. The lowest BCUT2D eigenvalue weighted by molar-refractivity contribution is 0.390. The normalized spacial score (nSPS) is 10.8. The van der Waals surface area contributed by atoms with Crippen molar-refractivity contribution in [2.24, 2.45) is 0 Å². The smallest absolute Gasteiger partial charge is 0.200 e. The number of halogens is 1. The Morgan fingerprint density at radius 2 is 2.00 bits per heavy atom. The molecule has 1 aromatic carbocycles. The fraction of sp³-hybridized carbons (Fsp3) is 0.143. The molecule has 0 aliphatic carbocycles. The largest absolute Gasteiger partial charge is 0.482 e. The van der Waals surface area contributed by atoms with E-state index in [1.165, 1.54) is 12.1 Å². The van der Waals surface area contributed by atoms with Gasteiger partial charge >= 0.3 is 0 Å². The van der Waals surface area contributed by atoms with Crippen LogP contribution in [0, 0.1) is 5.82 Å². The highest BCUT2D eigenvalue weighted by Crippen LogP contribution is 2.17. The Balaban J connectivity index is 2.06. The van der Waals surface area contributed by atoms with Gasteiger partial charge in [0.25, 0.3) is 0 Å². The molecule has 0 N–H and O–H groups in total. The number of rotatable bonds is 3. The minimum absolute atomic E-state index is 0.252. The molecule has 0 spiro atoms. The van der Waals surface area contributed by atoms with Gasteiger partial charge in [0.1, 0.15) is 11.6 Å². The molecule has 96 valence electrons. The summed E-state index contributed by atoms with van der Waals surface area (Å²) in [7, 11) is 1.60. The number of hydrogen-bond donors (Lipinski definition) is 0. The van der Waals surface area contributed by atoms with Crippen LogP contribution in [0.25, 0.3) is 5.65 Å². The zero-order chi connectivity index (χ0) is 13.2. The van der Waals surface area contributed by atoms with Crippen LogP contribution in [-0.4, -0.2) is 21.7 Å². The van der Waals surface area contributed by atoms with E-state index >= 15 is 0 Å². The summed E-state index contributed by atoms with van der Waals surface area (Å²) in [6.07, 6.45) is 0.499. The van der Waals surface area contributed by atoms with Crippen LogP contribution in [0.4, 0.5) is 4.39 Å². The maximum Gasteiger partial charge on any atom is 0.200 e. The second-order valence-electron chi connectivity index (χ2n) is 4.18. The molecule has 0 radical (unpaired) electrons. The van der Waals surface area contributed by atoms with Crippen molar-refractivity contribution in [1.82, 2.24) is 14.6 Å². The van der Waals surface area contributed by atoms with Crippen LogP contribution in [0.1, 0.15) is 11.4 Å². The van der Waals surface area contributed by atoms with Crippen LogP contribution >= 0.6 is 0 Å². The van der Waals surface area contributed by atoms with Gasteiger partial charge in [-0.15, -0.1) is 10.2 Å². The van der Waals surface area contributed by atoms with Gasteiger partial charge in [-0.25, -0.2) is 8.79 Å². The van der Waals surface area contributed by atoms with Crippen molar-refractivity contribution in [2.45, 2.75) is 6.42 Å². The van der Waals surface area contributed by atoms with Gasteiger partial charge in [-0.1, -0.05) is 18.2 Å². The van der Waals surface area contributed by atoms with Crippen molar-refractivity contribution < 1.29 is 9.13 Å². The Morgan fingerprint density at radius 3 is 2.79 bits per heavy atom. The maximum absolute atomic E-state index is 13.2. The Hall–Kier alpha value is -2.43. The van der Waals surface area contributed by atoms with Crippen molar-refractivity contribution in [3.63, 3.8) is 0 Å². The average molecular weight is 257 g/mol. The summed E-state index contributed by atoms with van der Waals surface area (Å²) >= 11 is 0. The number of pyridine rings is 1. The van der Waals surface area contributed by atoms with E-state index in [4.69, 9.17) is 4.74 Å². The lowest BCUT2D eigenvalue weighted by atomic mass is 10.1. The Kier molecular flexibility index (Phi) is 2.87. The van der Waals surface area contributed by atoms with E-state index in [1.54, 1.807) is 13.2 Å². The van der Waals surface area contributed by atoms with Crippen LogP contribution in [0.15, 0.2) is 42.5 Å². The molecule has 2 heterocycles. The third-order valence-corrected chi connectivity index (χ3v) is 2.92. The second kappa shape index (κ2) is 4.68. The lowest BCUT2D eigenvalue weighted by Gasteiger charge is -2.06. The summed E-state index contributed by atoms with van der Waals surface area (Å²) in [4.78, 5) is 0. The van der Waals surface area contributed by atoms with E-state index in [2.05, 4.69) is 10.2 Å². The van der Waals surface area contributed by atoms with Crippen molar-refractivity contribution in [2.75, 3.05) is 7.11 Å². The second-order valence-corrected chi connectivity index (χ2v) is 4.18. The Bertz CT molecular complexity index is 724. The van der Waals surface area contributed by atoms with Crippen molar-refractivity contribution in [3.8, 4) is 5.88 Å². The first-order chi connectivity index (χ1) is 9.28. The zero-order valence-electron chi connectivity index (χ0n) is 10.4. The molecule has 0 saturated carbocycles. The zero-order valence-corrected chi connectivity index (χ0v) is 10.4. The molecule has 3 rings (SSSR count). The molecular weight excluding hydrogens is 245 g/mol. The van der Waals surface area contributed by atoms with E-state index < -0.39 is 0 Å². The molecule has 4 nitrogen and oxygen atoms in total. The number of benzene rings is 1. The topological polar surface area (TPSA) is 39.4 Å². The third-order valence-electron chi connectivity index (χ3n) is 2.92. The first-order valence-corrected chi connectivity index (χ1v) is 5.89. The third kappa shape index (κ3) is 2.14. The van der Waals surface area contributed by atoms with Gasteiger partial charge < -0.3 is 4.74 Å². The van der Waals surface area contributed by atoms with Crippen molar-refractivity contribution in [1.29, 1.82) is 0 Å². The molecule has 0 bridgehead atoms. The minimum Gasteiger partial charge on any atom is -0.482 e. The highest BCUT2D eigenvalue weighted by Gasteiger charge is 2.10. The molecule has 0 aliphatic rings. The molecule has 19 heavy (non-hydrogen) atoms. The van der Waals surface area contributed by atoms with Crippen molar-refractivity contribution in [3.05, 3.63) is 59.7 Å². The minimum atomic E-state index is -0.252. The summed E-state index contributed by atoms with van der Waals surface area (Å²) in [5.74, 6) is 1.13. The van der Waals surface area contributed by atoms with Gasteiger partial charge in [0.2, 0.25) is 5.88 Å². The fourth-order valence-corrected chi connectivity index (χ4v) is 2.07. The number of aromatic nitrogens is 3. The van der Waals surface area contributed by atoms with Crippen LogP contribution in [0.5, 0.6) is 5.88 Å². The number of nitrogens with zero attached hydrogens (tertiary/aromatic N) is 3. The van der Waals surface area contributed by atoms with Gasteiger partial charge in [-0.3, -0.25) is 0 Å². The quantitative estimate of drug-likeness (QED) is 0.723. The molecule has 0 saturated heterocycles. The van der Waals surface area contributed by atoms with E-state index in [9.17, 15) is 4.39 Å². The summed E-state index contributed by atoms with van der Waals surface area (Å²) in [6, 6.07) is 12.0. The van der Waals surface area contributed by atoms with Gasteiger partial charge in [0.15, 0.2) is 5.65 Å². The number of hydrogen-bond acceptors (Lipinski definition) is 3. The predicted octanol–water partition coefficient (Wildman–Crippen LogP) is 2.47. The molecule has 0 aliphatic heterocycles. The summed E-state index contributed by atoms with van der Waals surface area (Å²) in [6.45, 7) is 0. The molecule has 5 heteroatoms. The molecule has 0 fully saturated rings. The average Bonchev–Trinajstić information content (AvgIpc) is 2.82. The molecule has 2 aromatic heterocycles. The van der Waals surface area contributed by atoms with Crippen molar-refractivity contribution >= 4 is 5.65 Å².